The Bertz CT molecular complexity index is 664. The van der Waals surface area contributed by atoms with Gasteiger partial charge in [0.25, 0.3) is 5.91 Å². The lowest BCUT2D eigenvalue weighted by Gasteiger charge is -2.25. The van der Waals surface area contributed by atoms with Crippen LogP contribution in [-0.4, -0.2) is 53.1 Å². The molecule has 122 valence electrons. The zero-order valence-electron chi connectivity index (χ0n) is 13.7. The van der Waals surface area contributed by atoms with E-state index in [4.69, 9.17) is 9.47 Å². The molecule has 0 radical (unpaired) electrons. The minimum atomic E-state index is -0.173. The highest BCUT2D eigenvalue weighted by atomic mass is 16.5. The molecule has 0 saturated heterocycles. The molecule has 23 heavy (non-hydrogen) atoms. The fourth-order valence-corrected chi connectivity index (χ4v) is 2.12. The molecule has 0 spiro atoms. The minimum Gasteiger partial charge on any atom is -0.481 e. The zero-order chi connectivity index (χ0) is 16.8. The van der Waals surface area contributed by atoms with Gasteiger partial charge in [0.05, 0.1) is 19.9 Å². The largest absolute Gasteiger partial charge is 0.481 e. The van der Waals surface area contributed by atoms with Gasteiger partial charge >= 0.3 is 0 Å². The fourth-order valence-electron chi connectivity index (χ4n) is 2.12. The SMILES string of the molecule is COc1ccc(C(=O)N(C)[C@H](C)Cc2cnccn2)c(OC)n1. The van der Waals surface area contributed by atoms with Crippen molar-refractivity contribution < 1.29 is 14.3 Å². The van der Waals surface area contributed by atoms with Crippen molar-refractivity contribution in [1.29, 1.82) is 0 Å². The number of hydrogen-bond acceptors (Lipinski definition) is 6. The van der Waals surface area contributed by atoms with Crippen LogP contribution in [0.5, 0.6) is 11.8 Å². The smallest absolute Gasteiger partial charge is 0.259 e. The first-order valence-corrected chi connectivity index (χ1v) is 7.18. The Morgan fingerprint density at radius 1 is 1.26 bits per heavy atom. The Morgan fingerprint density at radius 2 is 2.04 bits per heavy atom. The van der Waals surface area contributed by atoms with E-state index >= 15 is 0 Å². The Hall–Kier alpha value is -2.70. The summed E-state index contributed by atoms with van der Waals surface area (Å²) in [6.07, 6.45) is 5.57. The standard InChI is InChI=1S/C16H20N4O3/c1-11(9-12-10-17-7-8-18-12)20(2)16(21)13-5-6-14(22-3)19-15(13)23-4/h5-8,10-11H,9H2,1-4H3/t11-/m1/s1. The van der Waals surface area contributed by atoms with Crippen LogP contribution >= 0.6 is 0 Å². The van der Waals surface area contributed by atoms with Gasteiger partial charge in [-0.1, -0.05) is 0 Å². The highest BCUT2D eigenvalue weighted by molar-refractivity contribution is 5.96. The van der Waals surface area contributed by atoms with Crippen molar-refractivity contribution >= 4 is 5.91 Å². The predicted octanol–water partition coefficient (Wildman–Crippen LogP) is 1.59. The monoisotopic (exact) mass is 316 g/mol. The van der Waals surface area contributed by atoms with Gasteiger partial charge in [-0.15, -0.1) is 0 Å². The van der Waals surface area contributed by atoms with E-state index < -0.39 is 0 Å². The summed E-state index contributed by atoms with van der Waals surface area (Å²) in [7, 11) is 4.73. The Morgan fingerprint density at radius 3 is 2.65 bits per heavy atom. The van der Waals surface area contributed by atoms with E-state index in [0.29, 0.717) is 17.9 Å². The molecule has 2 rings (SSSR count). The van der Waals surface area contributed by atoms with Crippen LogP contribution in [0.4, 0.5) is 0 Å². The number of rotatable bonds is 6. The Kier molecular flexibility index (Phi) is 5.46. The van der Waals surface area contributed by atoms with E-state index in [9.17, 15) is 4.79 Å². The van der Waals surface area contributed by atoms with Crippen molar-refractivity contribution in [2.75, 3.05) is 21.3 Å². The summed E-state index contributed by atoms with van der Waals surface area (Å²) in [6.45, 7) is 1.95. The van der Waals surface area contributed by atoms with E-state index in [1.807, 2.05) is 6.92 Å². The van der Waals surface area contributed by atoms with Crippen molar-refractivity contribution in [3.05, 3.63) is 42.0 Å². The number of methoxy groups -OCH3 is 2. The third-order valence-corrected chi connectivity index (χ3v) is 3.57. The lowest BCUT2D eigenvalue weighted by atomic mass is 10.1. The van der Waals surface area contributed by atoms with Gasteiger partial charge in [0.2, 0.25) is 11.8 Å². The van der Waals surface area contributed by atoms with Crippen LogP contribution in [0, 0.1) is 0 Å². The molecule has 2 aromatic rings. The average Bonchev–Trinajstić information content (AvgIpc) is 2.60. The fraction of sp³-hybridized carbons (Fsp3) is 0.375. The van der Waals surface area contributed by atoms with Gasteiger partial charge in [-0.3, -0.25) is 14.8 Å². The number of amides is 1. The molecule has 0 aliphatic rings. The third kappa shape index (κ3) is 3.94. The maximum absolute atomic E-state index is 12.7. The highest BCUT2D eigenvalue weighted by Crippen LogP contribution is 2.22. The van der Waals surface area contributed by atoms with Crippen LogP contribution in [0.15, 0.2) is 30.7 Å². The van der Waals surface area contributed by atoms with Crippen molar-refractivity contribution in [1.82, 2.24) is 19.9 Å². The molecule has 7 nitrogen and oxygen atoms in total. The number of aromatic nitrogens is 3. The average molecular weight is 316 g/mol. The second-order valence-corrected chi connectivity index (χ2v) is 5.08. The van der Waals surface area contributed by atoms with Crippen LogP contribution in [0.1, 0.15) is 23.0 Å². The van der Waals surface area contributed by atoms with E-state index in [1.54, 1.807) is 42.7 Å². The molecular weight excluding hydrogens is 296 g/mol. The Balaban J connectivity index is 2.15. The van der Waals surface area contributed by atoms with Crippen molar-refractivity contribution in [3.8, 4) is 11.8 Å². The van der Waals surface area contributed by atoms with Crippen LogP contribution < -0.4 is 9.47 Å². The van der Waals surface area contributed by atoms with Gasteiger partial charge in [0.1, 0.15) is 5.56 Å². The van der Waals surface area contributed by atoms with Gasteiger partial charge < -0.3 is 14.4 Å². The molecule has 7 heteroatoms. The molecule has 1 atom stereocenters. The topological polar surface area (TPSA) is 77.4 Å². The summed E-state index contributed by atoms with van der Waals surface area (Å²) in [6, 6.07) is 3.24. The summed E-state index contributed by atoms with van der Waals surface area (Å²) >= 11 is 0. The summed E-state index contributed by atoms with van der Waals surface area (Å²) in [5.41, 5.74) is 1.22. The molecule has 0 fully saturated rings. The number of likely N-dealkylation sites (N-methyl/N-ethyl adjacent to an activating group) is 1. The van der Waals surface area contributed by atoms with Gasteiger partial charge in [0.15, 0.2) is 0 Å². The summed E-state index contributed by atoms with van der Waals surface area (Å²) < 4.78 is 10.2. The van der Waals surface area contributed by atoms with E-state index in [0.717, 1.165) is 5.69 Å². The van der Waals surface area contributed by atoms with Gasteiger partial charge in [-0.2, -0.15) is 4.98 Å². The summed E-state index contributed by atoms with van der Waals surface area (Å²) in [5.74, 6) is 0.468. The molecule has 0 aliphatic carbocycles. The van der Waals surface area contributed by atoms with E-state index in [1.165, 1.54) is 14.2 Å². The first kappa shape index (κ1) is 16.7. The second-order valence-electron chi connectivity index (χ2n) is 5.08. The number of carbonyl (C=O) groups excluding carboxylic acids is 1. The van der Waals surface area contributed by atoms with Crippen molar-refractivity contribution in [3.63, 3.8) is 0 Å². The number of ether oxygens (including phenoxy) is 2. The number of nitrogens with zero attached hydrogens (tertiary/aromatic N) is 4. The van der Waals surface area contributed by atoms with Gasteiger partial charge in [-0.05, 0) is 13.0 Å². The van der Waals surface area contributed by atoms with Gasteiger partial charge in [0, 0.05) is 44.2 Å². The summed E-state index contributed by atoms with van der Waals surface area (Å²) in [5, 5.41) is 0. The second kappa shape index (κ2) is 7.53. The highest BCUT2D eigenvalue weighted by Gasteiger charge is 2.22. The van der Waals surface area contributed by atoms with Crippen LogP contribution in [-0.2, 0) is 6.42 Å². The predicted molar refractivity (Wildman–Crippen MR) is 84.6 cm³/mol. The molecule has 0 saturated carbocycles. The van der Waals surface area contributed by atoms with Crippen LogP contribution in [0.25, 0.3) is 0 Å². The zero-order valence-corrected chi connectivity index (χ0v) is 13.7. The lowest BCUT2D eigenvalue weighted by Crippen LogP contribution is -2.37. The molecule has 1 amide bonds. The maximum Gasteiger partial charge on any atom is 0.259 e. The quantitative estimate of drug-likeness (QED) is 0.805. The van der Waals surface area contributed by atoms with Crippen LogP contribution in [0.3, 0.4) is 0 Å². The van der Waals surface area contributed by atoms with E-state index in [2.05, 4.69) is 15.0 Å². The lowest BCUT2D eigenvalue weighted by molar-refractivity contribution is 0.0738. The first-order chi connectivity index (χ1) is 11.1. The number of pyridine rings is 1. The molecule has 2 heterocycles. The molecule has 0 bridgehead atoms. The molecule has 0 aliphatic heterocycles. The van der Waals surface area contributed by atoms with Crippen molar-refractivity contribution in [2.24, 2.45) is 0 Å². The third-order valence-electron chi connectivity index (χ3n) is 3.57. The van der Waals surface area contributed by atoms with Crippen LogP contribution in [0.2, 0.25) is 0 Å². The molecule has 0 N–H and O–H groups in total. The summed E-state index contributed by atoms with van der Waals surface area (Å²) in [4.78, 5) is 26.7. The molecule has 2 aromatic heterocycles. The number of hydrogen-bond donors (Lipinski definition) is 0. The van der Waals surface area contributed by atoms with E-state index in [-0.39, 0.29) is 17.8 Å². The first-order valence-electron chi connectivity index (χ1n) is 7.18. The molecule has 0 aromatic carbocycles. The number of carbonyl (C=O) groups is 1. The normalized spacial score (nSPS) is 11.7. The van der Waals surface area contributed by atoms with Crippen molar-refractivity contribution in [2.45, 2.75) is 19.4 Å². The Labute approximate surface area is 135 Å². The molecule has 0 unspecified atom stereocenters. The maximum atomic E-state index is 12.7. The van der Waals surface area contributed by atoms with Gasteiger partial charge in [-0.25, -0.2) is 0 Å². The molecular formula is C16H20N4O3. The minimum absolute atomic E-state index is 0.0500.